The average molecular weight is 256 g/mol. The highest BCUT2D eigenvalue weighted by Crippen LogP contribution is 2.24. The smallest absolute Gasteiger partial charge is 0.319 e. The molecule has 1 unspecified atom stereocenters. The molecule has 0 aromatic carbocycles. The highest BCUT2D eigenvalue weighted by Gasteiger charge is 2.37. The summed E-state index contributed by atoms with van der Waals surface area (Å²) in [5, 5.41) is 9.05. The van der Waals surface area contributed by atoms with Gasteiger partial charge in [-0.25, -0.2) is 4.79 Å². The van der Waals surface area contributed by atoms with Crippen molar-refractivity contribution in [2.75, 3.05) is 26.7 Å². The highest BCUT2D eigenvalue weighted by molar-refractivity contribution is 5.77. The highest BCUT2D eigenvalue weighted by atomic mass is 16.4. The Kier molecular flexibility index (Phi) is 4.99. The van der Waals surface area contributed by atoms with Crippen LogP contribution >= 0.6 is 0 Å². The van der Waals surface area contributed by atoms with Gasteiger partial charge in [0.2, 0.25) is 0 Å². The Morgan fingerprint density at radius 2 is 2.06 bits per heavy atom. The number of hydrogen-bond donors (Lipinski definition) is 1. The van der Waals surface area contributed by atoms with E-state index in [0.717, 1.165) is 13.0 Å². The lowest BCUT2D eigenvalue weighted by Gasteiger charge is -2.26. The zero-order chi connectivity index (χ0) is 13.9. The van der Waals surface area contributed by atoms with Crippen LogP contribution < -0.4 is 0 Å². The molecule has 3 atom stereocenters. The monoisotopic (exact) mass is 256 g/mol. The zero-order valence-electron chi connectivity index (χ0n) is 11.7. The molecule has 0 aliphatic carbocycles. The quantitative estimate of drug-likeness (QED) is 0.833. The van der Waals surface area contributed by atoms with Crippen molar-refractivity contribution in [1.82, 2.24) is 9.80 Å². The number of hydrogen-bond acceptors (Lipinski definition) is 2. The summed E-state index contributed by atoms with van der Waals surface area (Å²) >= 11 is 0. The Hall–Kier alpha value is -1.26. The number of nitrogens with zero attached hydrogens (tertiary/aromatic N) is 2. The number of amides is 2. The second-order valence-corrected chi connectivity index (χ2v) is 5.50. The maximum absolute atomic E-state index is 12.2. The van der Waals surface area contributed by atoms with E-state index in [1.54, 1.807) is 16.8 Å². The Morgan fingerprint density at radius 1 is 1.44 bits per heavy atom. The lowest BCUT2D eigenvalue weighted by Crippen LogP contribution is -2.42. The normalized spacial score (nSPS) is 25.0. The van der Waals surface area contributed by atoms with Crippen LogP contribution in [0.25, 0.3) is 0 Å². The van der Waals surface area contributed by atoms with E-state index in [1.807, 2.05) is 6.92 Å². The lowest BCUT2D eigenvalue weighted by molar-refractivity contribution is -0.142. The average Bonchev–Trinajstić information content (AvgIpc) is 2.70. The SMILES string of the molecule is CCC(C)CN(C)C(=O)N1C[C@@H](C)[C@H](C(=O)O)C1. The van der Waals surface area contributed by atoms with Gasteiger partial charge < -0.3 is 14.9 Å². The van der Waals surface area contributed by atoms with Crippen LogP contribution in [0, 0.1) is 17.8 Å². The number of aliphatic carboxylic acids is 1. The summed E-state index contributed by atoms with van der Waals surface area (Å²) in [7, 11) is 1.78. The molecule has 18 heavy (non-hydrogen) atoms. The number of carbonyl (C=O) groups is 2. The van der Waals surface area contributed by atoms with Gasteiger partial charge in [-0.2, -0.15) is 0 Å². The van der Waals surface area contributed by atoms with Gasteiger partial charge in [-0.15, -0.1) is 0 Å². The van der Waals surface area contributed by atoms with Crippen molar-refractivity contribution in [3.05, 3.63) is 0 Å². The first-order chi connectivity index (χ1) is 8.36. The summed E-state index contributed by atoms with van der Waals surface area (Å²) in [5.41, 5.74) is 0. The number of carbonyl (C=O) groups excluding carboxylic acids is 1. The molecule has 1 N–H and O–H groups in total. The molecular weight excluding hydrogens is 232 g/mol. The lowest BCUT2D eigenvalue weighted by atomic mass is 9.99. The van der Waals surface area contributed by atoms with E-state index in [4.69, 9.17) is 5.11 Å². The van der Waals surface area contributed by atoms with Crippen molar-refractivity contribution in [2.24, 2.45) is 17.8 Å². The van der Waals surface area contributed by atoms with Gasteiger partial charge in [-0.1, -0.05) is 27.2 Å². The molecule has 0 aromatic heterocycles. The number of rotatable bonds is 4. The van der Waals surface area contributed by atoms with Crippen molar-refractivity contribution in [1.29, 1.82) is 0 Å². The van der Waals surface area contributed by atoms with E-state index < -0.39 is 11.9 Å². The van der Waals surface area contributed by atoms with E-state index in [0.29, 0.717) is 19.0 Å². The third-order valence-corrected chi connectivity index (χ3v) is 3.81. The Balaban J connectivity index is 2.56. The second kappa shape index (κ2) is 6.07. The van der Waals surface area contributed by atoms with Gasteiger partial charge in [0.1, 0.15) is 0 Å². The summed E-state index contributed by atoms with van der Waals surface area (Å²) in [6, 6.07) is -0.0501. The molecule has 1 rings (SSSR count). The fourth-order valence-electron chi connectivity index (χ4n) is 2.36. The van der Waals surface area contributed by atoms with Crippen LogP contribution in [0.4, 0.5) is 4.79 Å². The Morgan fingerprint density at radius 3 is 2.50 bits per heavy atom. The van der Waals surface area contributed by atoms with Crippen molar-refractivity contribution in [3.63, 3.8) is 0 Å². The van der Waals surface area contributed by atoms with Crippen LogP contribution in [0.1, 0.15) is 27.2 Å². The van der Waals surface area contributed by atoms with Crippen molar-refractivity contribution in [3.8, 4) is 0 Å². The van der Waals surface area contributed by atoms with Crippen LogP contribution in [-0.2, 0) is 4.79 Å². The van der Waals surface area contributed by atoms with Gasteiger partial charge in [0.15, 0.2) is 0 Å². The second-order valence-electron chi connectivity index (χ2n) is 5.50. The molecule has 0 aromatic rings. The minimum Gasteiger partial charge on any atom is -0.481 e. The predicted molar refractivity (Wildman–Crippen MR) is 69.3 cm³/mol. The van der Waals surface area contributed by atoms with E-state index in [1.165, 1.54) is 0 Å². The fraction of sp³-hybridized carbons (Fsp3) is 0.846. The largest absolute Gasteiger partial charge is 0.481 e. The summed E-state index contributed by atoms with van der Waals surface area (Å²) in [4.78, 5) is 26.5. The molecule has 1 aliphatic heterocycles. The van der Waals surface area contributed by atoms with Gasteiger partial charge in [0.25, 0.3) is 0 Å². The Labute approximate surface area is 109 Å². The standard InChI is InChI=1S/C13H24N2O3/c1-5-9(2)6-14(4)13(18)15-7-10(3)11(8-15)12(16)17/h9-11H,5-8H2,1-4H3,(H,16,17)/t9?,10-,11-/m1/s1. The Bertz CT molecular complexity index is 319. The molecule has 1 heterocycles. The minimum atomic E-state index is -0.803. The zero-order valence-corrected chi connectivity index (χ0v) is 11.7. The van der Waals surface area contributed by atoms with Crippen LogP contribution in [-0.4, -0.2) is 53.6 Å². The van der Waals surface area contributed by atoms with Crippen molar-refractivity contribution in [2.45, 2.75) is 27.2 Å². The minimum absolute atomic E-state index is 0.0310. The number of likely N-dealkylation sites (tertiary alicyclic amines) is 1. The molecule has 0 spiro atoms. The van der Waals surface area contributed by atoms with E-state index in [-0.39, 0.29) is 11.9 Å². The molecule has 5 nitrogen and oxygen atoms in total. The third-order valence-electron chi connectivity index (χ3n) is 3.81. The maximum Gasteiger partial charge on any atom is 0.319 e. The number of carboxylic acids is 1. The predicted octanol–water partition coefficient (Wildman–Crippen LogP) is 1.74. The first kappa shape index (κ1) is 14.8. The molecule has 2 amide bonds. The van der Waals surface area contributed by atoms with Gasteiger partial charge in [-0.3, -0.25) is 4.79 Å². The van der Waals surface area contributed by atoms with Crippen LogP contribution in [0.15, 0.2) is 0 Å². The summed E-state index contributed by atoms with van der Waals surface area (Å²) in [6.07, 6.45) is 1.03. The third kappa shape index (κ3) is 3.37. The molecule has 5 heteroatoms. The fourth-order valence-corrected chi connectivity index (χ4v) is 2.36. The van der Waals surface area contributed by atoms with Gasteiger partial charge in [0.05, 0.1) is 5.92 Å². The first-order valence-electron chi connectivity index (χ1n) is 6.59. The van der Waals surface area contributed by atoms with Crippen LogP contribution in [0.3, 0.4) is 0 Å². The van der Waals surface area contributed by atoms with Crippen molar-refractivity contribution < 1.29 is 14.7 Å². The summed E-state index contributed by atoms with van der Waals surface area (Å²) in [5.74, 6) is -0.731. The van der Waals surface area contributed by atoms with Gasteiger partial charge >= 0.3 is 12.0 Å². The topological polar surface area (TPSA) is 60.9 Å². The van der Waals surface area contributed by atoms with E-state index in [2.05, 4.69) is 13.8 Å². The van der Waals surface area contributed by atoms with E-state index in [9.17, 15) is 9.59 Å². The number of carboxylic acid groups (broad SMARTS) is 1. The van der Waals surface area contributed by atoms with Crippen molar-refractivity contribution >= 4 is 12.0 Å². The molecule has 1 aliphatic rings. The molecular formula is C13H24N2O3. The molecule has 0 saturated carbocycles. The first-order valence-corrected chi connectivity index (χ1v) is 6.59. The summed E-state index contributed by atoms with van der Waals surface area (Å²) in [6.45, 7) is 7.69. The molecule has 0 bridgehead atoms. The maximum atomic E-state index is 12.2. The molecule has 0 radical (unpaired) electrons. The summed E-state index contributed by atoms with van der Waals surface area (Å²) < 4.78 is 0. The number of urea groups is 1. The molecule has 104 valence electrons. The van der Waals surface area contributed by atoms with Crippen LogP contribution in [0.2, 0.25) is 0 Å². The van der Waals surface area contributed by atoms with Crippen LogP contribution in [0.5, 0.6) is 0 Å². The van der Waals surface area contributed by atoms with E-state index >= 15 is 0 Å². The van der Waals surface area contributed by atoms with Gasteiger partial charge in [0, 0.05) is 26.7 Å². The molecule has 1 saturated heterocycles. The van der Waals surface area contributed by atoms with Gasteiger partial charge in [-0.05, 0) is 11.8 Å². The molecule has 1 fully saturated rings.